The predicted octanol–water partition coefficient (Wildman–Crippen LogP) is 3.48. The van der Waals surface area contributed by atoms with Crippen molar-refractivity contribution in [2.45, 2.75) is 56.0 Å². The molecule has 2 N–H and O–H groups in total. The van der Waals surface area contributed by atoms with Gasteiger partial charge in [-0.15, -0.1) is 0 Å². The highest BCUT2D eigenvalue weighted by atomic mass is 32.2. The Labute approximate surface area is 184 Å². The molecule has 3 rings (SSSR count). The highest BCUT2D eigenvalue weighted by Gasteiger charge is 2.28. The molecule has 0 saturated heterocycles. The lowest BCUT2D eigenvalue weighted by molar-refractivity contribution is -0.122. The Kier molecular flexibility index (Phi) is 7.56. The van der Waals surface area contributed by atoms with Gasteiger partial charge in [0.2, 0.25) is 15.9 Å². The van der Waals surface area contributed by atoms with Gasteiger partial charge in [-0.3, -0.25) is 4.79 Å². The van der Waals surface area contributed by atoms with Gasteiger partial charge in [-0.05, 0) is 38.0 Å². The van der Waals surface area contributed by atoms with Crippen molar-refractivity contribution in [3.63, 3.8) is 0 Å². The van der Waals surface area contributed by atoms with Gasteiger partial charge in [0.05, 0.1) is 25.2 Å². The minimum absolute atomic E-state index is 0.0505. The molecule has 2 aromatic carbocycles. The molecule has 0 spiro atoms. The zero-order chi connectivity index (χ0) is 22.4. The Hall–Kier alpha value is -2.58. The van der Waals surface area contributed by atoms with Crippen molar-refractivity contribution in [1.29, 1.82) is 0 Å². The van der Waals surface area contributed by atoms with Crippen LogP contribution >= 0.6 is 0 Å². The Morgan fingerprint density at radius 1 is 1.06 bits per heavy atom. The molecule has 168 valence electrons. The lowest BCUT2D eigenvalue weighted by atomic mass is 10.0. The quantitative estimate of drug-likeness (QED) is 0.615. The molecule has 1 aliphatic carbocycles. The molecule has 1 unspecified atom stereocenters. The van der Waals surface area contributed by atoms with Gasteiger partial charge < -0.3 is 14.8 Å². The smallest absolute Gasteiger partial charge is 0.241 e. The number of ether oxygens (including phenoxy) is 2. The van der Waals surface area contributed by atoms with E-state index < -0.39 is 16.1 Å². The number of para-hydroxylation sites is 1. The number of amides is 1. The molecule has 8 heteroatoms. The highest BCUT2D eigenvalue weighted by molar-refractivity contribution is 7.89. The van der Waals surface area contributed by atoms with Crippen LogP contribution in [0.5, 0.6) is 11.5 Å². The van der Waals surface area contributed by atoms with Crippen molar-refractivity contribution in [1.82, 2.24) is 10.0 Å². The van der Waals surface area contributed by atoms with E-state index in [1.54, 1.807) is 42.5 Å². The number of benzene rings is 2. The molecule has 1 amide bonds. The lowest BCUT2D eigenvalue weighted by Gasteiger charge is -2.23. The van der Waals surface area contributed by atoms with Crippen LogP contribution < -0.4 is 19.5 Å². The van der Waals surface area contributed by atoms with Gasteiger partial charge >= 0.3 is 0 Å². The van der Waals surface area contributed by atoms with Crippen LogP contribution in [-0.2, 0) is 14.8 Å². The van der Waals surface area contributed by atoms with Crippen molar-refractivity contribution in [3.05, 3.63) is 53.6 Å². The van der Waals surface area contributed by atoms with Crippen molar-refractivity contribution in [2.24, 2.45) is 0 Å². The molecule has 1 aliphatic rings. The minimum atomic E-state index is -3.87. The number of methoxy groups -OCH3 is 2. The number of aryl methyl sites for hydroxylation is 1. The Morgan fingerprint density at radius 3 is 2.35 bits per heavy atom. The third-order valence-corrected chi connectivity index (χ3v) is 7.03. The highest BCUT2D eigenvalue weighted by Crippen LogP contribution is 2.36. The topological polar surface area (TPSA) is 93.7 Å². The molecule has 0 bridgehead atoms. The summed E-state index contributed by atoms with van der Waals surface area (Å²) in [6.07, 6.45) is 4.04. The number of sulfonamides is 1. The normalized spacial score (nSPS) is 15.5. The molecule has 0 heterocycles. The standard InChI is InChI=1S/C23H30N2O5S/c1-16-11-13-18(14-12-16)31(27,28)25-20(15-22(26)24-17-7-4-5-8-17)19-9-6-10-21(29-2)23(19)30-3/h6,9-14,17,20,25H,4-5,7-8,15H2,1-3H3,(H,24,26). The summed E-state index contributed by atoms with van der Waals surface area (Å²) in [5.41, 5.74) is 1.50. The molecule has 2 aromatic rings. The number of carbonyl (C=O) groups excluding carboxylic acids is 1. The van der Waals surface area contributed by atoms with Gasteiger partial charge in [0.15, 0.2) is 11.5 Å². The van der Waals surface area contributed by atoms with Crippen LogP contribution in [0, 0.1) is 6.92 Å². The fraction of sp³-hybridized carbons (Fsp3) is 0.435. The average molecular weight is 447 g/mol. The molecule has 1 saturated carbocycles. The SMILES string of the molecule is COc1cccc(C(CC(=O)NC2CCCC2)NS(=O)(=O)c2ccc(C)cc2)c1OC. The second kappa shape index (κ2) is 10.2. The van der Waals surface area contributed by atoms with Crippen molar-refractivity contribution in [2.75, 3.05) is 14.2 Å². The maximum absolute atomic E-state index is 13.1. The van der Waals surface area contributed by atoms with Gasteiger partial charge in [0, 0.05) is 18.0 Å². The molecular formula is C23H30N2O5S. The van der Waals surface area contributed by atoms with E-state index in [4.69, 9.17) is 9.47 Å². The molecule has 0 radical (unpaired) electrons. The average Bonchev–Trinajstić information content (AvgIpc) is 3.25. The first-order chi connectivity index (χ1) is 14.8. The zero-order valence-corrected chi connectivity index (χ0v) is 19.0. The number of hydrogen-bond acceptors (Lipinski definition) is 5. The Morgan fingerprint density at radius 2 is 1.74 bits per heavy atom. The van der Waals surface area contributed by atoms with E-state index in [2.05, 4.69) is 10.0 Å². The van der Waals surface area contributed by atoms with E-state index in [-0.39, 0.29) is 23.3 Å². The molecule has 1 atom stereocenters. The first-order valence-corrected chi connectivity index (χ1v) is 11.9. The number of hydrogen-bond donors (Lipinski definition) is 2. The molecule has 1 fully saturated rings. The van der Waals surface area contributed by atoms with Crippen molar-refractivity contribution >= 4 is 15.9 Å². The van der Waals surface area contributed by atoms with Crippen LogP contribution in [0.4, 0.5) is 0 Å². The van der Waals surface area contributed by atoms with E-state index in [0.29, 0.717) is 17.1 Å². The monoisotopic (exact) mass is 446 g/mol. The summed E-state index contributed by atoms with van der Waals surface area (Å²) in [6, 6.07) is 11.1. The van der Waals surface area contributed by atoms with Crippen LogP contribution in [0.1, 0.15) is 49.3 Å². The van der Waals surface area contributed by atoms with Gasteiger partial charge in [0.25, 0.3) is 0 Å². The number of rotatable bonds is 9. The van der Waals surface area contributed by atoms with Crippen LogP contribution in [0.15, 0.2) is 47.4 Å². The lowest BCUT2D eigenvalue weighted by Crippen LogP contribution is -2.37. The molecule has 0 aliphatic heterocycles. The molecule has 0 aromatic heterocycles. The summed E-state index contributed by atoms with van der Waals surface area (Å²) in [6.45, 7) is 1.89. The fourth-order valence-electron chi connectivity index (χ4n) is 3.92. The molecule has 7 nitrogen and oxygen atoms in total. The van der Waals surface area contributed by atoms with E-state index in [0.717, 1.165) is 31.2 Å². The first kappa shape index (κ1) is 23.1. The van der Waals surface area contributed by atoms with E-state index in [1.165, 1.54) is 14.2 Å². The number of nitrogens with one attached hydrogen (secondary N) is 2. The second-order valence-electron chi connectivity index (χ2n) is 7.82. The first-order valence-electron chi connectivity index (χ1n) is 10.4. The van der Waals surface area contributed by atoms with Crippen LogP contribution in [-0.4, -0.2) is 34.6 Å². The van der Waals surface area contributed by atoms with Crippen molar-refractivity contribution in [3.8, 4) is 11.5 Å². The van der Waals surface area contributed by atoms with Gasteiger partial charge in [0.1, 0.15) is 0 Å². The summed E-state index contributed by atoms with van der Waals surface area (Å²) in [4.78, 5) is 12.9. The third kappa shape index (κ3) is 5.77. The molecular weight excluding hydrogens is 416 g/mol. The van der Waals surface area contributed by atoms with E-state index in [1.807, 2.05) is 6.92 Å². The Bertz CT molecular complexity index is 999. The van der Waals surface area contributed by atoms with Gasteiger partial charge in [-0.1, -0.05) is 42.7 Å². The maximum atomic E-state index is 13.1. The number of carbonyl (C=O) groups is 1. The maximum Gasteiger partial charge on any atom is 0.241 e. The summed E-state index contributed by atoms with van der Waals surface area (Å²) < 4.78 is 39.8. The van der Waals surface area contributed by atoms with Gasteiger partial charge in [-0.2, -0.15) is 0 Å². The van der Waals surface area contributed by atoms with Gasteiger partial charge in [-0.25, -0.2) is 13.1 Å². The fourth-order valence-corrected chi connectivity index (χ4v) is 5.13. The summed E-state index contributed by atoms with van der Waals surface area (Å²) in [7, 11) is -0.863. The molecule has 31 heavy (non-hydrogen) atoms. The van der Waals surface area contributed by atoms with E-state index >= 15 is 0 Å². The van der Waals surface area contributed by atoms with Crippen LogP contribution in [0.2, 0.25) is 0 Å². The van der Waals surface area contributed by atoms with Crippen molar-refractivity contribution < 1.29 is 22.7 Å². The summed E-state index contributed by atoms with van der Waals surface area (Å²) in [5.74, 6) is 0.666. The Balaban J connectivity index is 1.92. The largest absolute Gasteiger partial charge is 0.493 e. The zero-order valence-electron chi connectivity index (χ0n) is 18.2. The minimum Gasteiger partial charge on any atom is -0.493 e. The third-order valence-electron chi connectivity index (χ3n) is 5.55. The van der Waals surface area contributed by atoms with E-state index in [9.17, 15) is 13.2 Å². The van der Waals surface area contributed by atoms with Crippen LogP contribution in [0.25, 0.3) is 0 Å². The second-order valence-corrected chi connectivity index (χ2v) is 9.54. The summed E-state index contributed by atoms with van der Waals surface area (Å²) in [5, 5.41) is 3.03. The van der Waals surface area contributed by atoms with Crippen LogP contribution in [0.3, 0.4) is 0 Å². The predicted molar refractivity (Wildman–Crippen MR) is 119 cm³/mol. The summed E-state index contributed by atoms with van der Waals surface area (Å²) >= 11 is 0.